The van der Waals surface area contributed by atoms with Crippen LogP contribution in [0.1, 0.15) is 37.8 Å². The number of hydrogen-bond acceptors (Lipinski definition) is 4. The Kier molecular flexibility index (Phi) is 9.89. The van der Waals surface area contributed by atoms with Crippen molar-refractivity contribution in [1.29, 1.82) is 0 Å². The molecule has 0 aliphatic carbocycles. The molecule has 2 aromatic rings. The normalized spacial score (nSPS) is 13.6. The Hall–Kier alpha value is -1.06. The lowest BCUT2D eigenvalue weighted by atomic mass is 9.95. The highest BCUT2D eigenvalue weighted by Gasteiger charge is 2.31. The van der Waals surface area contributed by atoms with Crippen LogP contribution in [-0.2, 0) is 12.6 Å². The third kappa shape index (κ3) is 9.95. The van der Waals surface area contributed by atoms with Gasteiger partial charge in [-0.1, -0.05) is 46.3 Å². The second kappa shape index (κ2) is 11.7. The fourth-order valence-electron chi connectivity index (χ4n) is 3.22. The largest absolute Gasteiger partial charge is 0.416 e. The molecule has 0 aliphatic heterocycles. The van der Waals surface area contributed by atoms with E-state index >= 15 is 0 Å². The van der Waals surface area contributed by atoms with E-state index < -0.39 is 17.8 Å². The van der Waals surface area contributed by atoms with Gasteiger partial charge in [-0.15, -0.1) is 0 Å². The minimum Gasteiger partial charge on any atom is -0.390 e. The number of aryl methyl sites for hydroxylation is 1. The van der Waals surface area contributed by atoms with Crippen molar-refractivity contribution in [2.24, 2.45) is 0 Å². The van der Waals surface area contributed by atoms with Gasteiger partial charge in [0.25, 0.3) is 0 Å². The van der Waals surface area contributed by atoms with E-state index in [0.29, 0.717) is 22.5 Å². The van der Waals surface area contributed by atoms with E-state index in [2.05, 4.69) is 47.2 Å². The molecule has 2 rings (SSSR count). The van der Waals surface area contributed by atoms with Crippen LogP contribution in [0.15, 0.2) is 57.9 Å². The summed E-state index contributed by atoms with van der Waals surface area (Å²) < 4.78 is 41.1. The Balaban J connectivity index is 1.77. The zero-order chi connectivity index (χ0) is 23.1. The zero-order valence-corrected chi connectivity index (χ0v) is 20.4. The van der Waals surface area contributed by atoms with Crippen LogP contribution in [0.25, 0.3) is 0 Å². The first-order chi connectivity index (χ1) is 14.4. The summed E-state index contributed by atoms with van der Waals surface area (Å²) in [7, 11) is 1.76. The number of aliphatic hydroxyl groups is 1. The van der Waals surface area contributed by atoms with Crippen molar-refractivity contribution in [3.63, 3.8) is 0 Å². The van der Waals surface area contributed by atoms with Crippen LogP contribution in [0.2, 0.25) is 0 Å². The average Bonchev–Trinajstić information content (AvgIpc) is 2.66. The summed E-state index contributed by atoms with van der Waals surface area (Å²) in [6, 6.07) is 14.2. The molecule has 1 atom stereocenters. The molecule has 3 nitrogen and oxygen atoms in total. The molecule has 8 heteroatoms. The van der Waals surface area contributed by atoms with Gasteiger partial charge in [-0.25, -0.2) is 4.31 Å². The number of β-amino-alcohol motifs (C(OH)–C–C–N with tert-alkyl or cyclic N) is 1. The van der Waals surface area contributed by atoms with E-state index in [-0.39, 0.29) is 5.54 Å². The molecule has 0 unspecified atom stereocenters. The van der Waals surface area contributed by atoms with E-state index in [4.69, 9.17) is 0 Å². The number of alkyl halides is 3. The van der Waals surface area contributed by atoms with Gasteiger partial charge in [0.1, 0.15) is 0 Å². The van der Waals surface area contributed by atoms with Gasteiger partial charge in [0.15, 0.2) is 0 Å². The summed E-state index contributed by atoms with van der Waals surface area (Å²) in [6.07, 6.45) is -2.01. The summed E-state index contributed by atoms with van der Waals surface area (Å²) in [4.78, 5) is 0.464. The molecule has 0 bridgehead atoms. The van der Waals surface area contributed by atoms with Gasteiger partial charge < -0.3 is 10.4 Å². The van der Waals surface area contributed by atoms with Gasteiger partial charge in [-0.05, 0) is 75.9 Å². The fraction of sp³-hybridized carbons (Fsp3) is 0.478. The second-order valence-corrected chi connectivity index (χ2v) is 10.5. The molecule has 31 heavy (non-hydrogen) atoms. The maximum absolute atomic E-state index is 13.0. The van der Waals surface area contributed by atoms with E-state index in [1.807, 2.05) is 18.2 Å². The molecule has 0 saturated carbocycles. The van der Waals surface area contributed by atoms with Crippen molar-refractivity contribution >= 4 is 27.9 Å². The Labute approximate surface area is 195 Å². The first kappa shape index (κ1) is 26.2. The number of likely N-dealkylation sites (N-methyl/N-ethyl adjacent to an activating group) is 1. The summed E-state index contributed by atoms with van der Waals surface area (Å²) in [5.41, 5.74) is 0.503. The summed E-state index contributed by atoms with van der Waals surface area (Å²) >= 11 is 4.31. The van der Waals surface area contributed by atoms with Gasteiger partial charge >= 0.3 is 6.18 Å². The summed E-state index contributed by atoms with van der Waals surface area (Å²) in [5, 5.41) is 13.8. The van der Waals surface area contributed by atoms with Crippen LogP contribution in [0, 0.1) is 0 Å². The maximum atomic E-state index is 13.0. The van der Waals surface area contributed by atoms with Gasteiger partial charge in [0.2, 0.25) is 0 Å². The quantitative estimate of drug-likeness (QED) is 0.349. The Bertz CT molecular complexity index is 818. The van der Waals surface area contributed by atoms with Crippen molar-refractivity contribution in [1.82, 2.24) is 9.62 Å². The topological polar surface area (TPSA) is 35.5 Å². The lowest BCUT2D eigenvalue weighted by molar-refractivity contribution is -0.137. The number of nitrogens with one attached hydrogen (secondary N) is 1. The van der Waals surface area contributed by atoms with Gasteiger partial charge in [0, 0.05) is 28.0 Å². The number of benzene rings is 2. The molecule has 0 fully saturated rings. The summed E-state index contributed by atoms with van der Waals surface area (Å²) in [5.74, 6) is 0. The van der Waals surface area contributed by atoms with Crippen LogP contribution in [0.4, 0.5) is 13.2 Å². The standard InChI is InChI=1S/C23H30BrF3N2OS/c1-22(2,11-7-10-17-8-5-4-6-9-17)28-15-20(30)16-29(3)31-21-13-18(23(25,26)27)12-19(24)14-21/h4-6,8-9,12-14,20,28,30H,7,10-11,15-16H2,1-3H3/t20-/m1/s1. The molecular weight excluding hydrogens is 489 g/mol. The van der Waals surface area contributed by atoms with Gasteiger partial charge in [-0.3, -0.25) is 0 Å². The molecule has 0 spiro atoms. The molecule has 0 radical (unpaired) electrons. The third-order valence-electron chi connectivity index (χ3n) is 4.85. The van der Waals surface area contributed by atoms with Crippen LogP contribution in [0.3, 0.4) is 0 Å². The lowest BCUT2D eigenvalue weighted by Gasteiger charge is -2.29. The predicted molar refractivity (Wildman–Crippen MR) is 125 cm³/mol. The summed E-state index contributed by atoms with van der Waals surface area (Å²) in [6.45, 7) is 4.97. The van der Waals surface area contributed by atoms with E-state index in [9.17, 15) is 18.3 Å². The van der Waals surface area contributed by atoms with E-state index in [1.54, 1.807) is 17.4 Å². The van der Waals surface area contributed by atoms with Gasteiger partial charge in [-0.2, -0.15) is 13.2 Å². The lowest BCUT2D eigenvalue weighted by Crippen LogP contribution is -2.45. The molecule has 0 saturated heterocycles. The number of hydrogen-bond donors (Lipinski definition) is 2. The van der Waals surface area contributed by atoms with E-state index in [1.165, 1.54) is 17.5 Å². The van der Waals surface area contributed by atoms with Crippen molar-refractivity contribution in [2.75, 3.05) is 20.1 Å². The highest BCUT2D eigenvalue weighted by atomic mass is 79.9. The first-order valence-corrected chi connectivity index (χ1v) is 11.8. The predicted octanol–water partition coefficient (Wildman–Crippen LogP) is 6.16. The Morgan fingerprint density at radius 3 is 2.45 bits per heavy atom. The van der Waals surface area contributed by atoms with E-state index in [0.717, 1.165) is 31.4 Å². The molecule has 172 valence electrons. The smallest absolute Gasteiger partial charge is 0.390 e. The highest BCUT2D eigenvalue weighted by Crippen LogP contribution is 2.35. The Morgan fingerprint density at radius 2 is 1.81 bits per heavy atom. The highest BCUT2D eigenvalue weighted by molar-refractivity contribution is 9.10. The number of halogens is 4. The molecule has 0 amide bonds. The number of aliphatic hydroxyl groups excluding tert-OH is 1. The van der Waals surface area contributed by atoms with Crippen LogP contribution >= 0.6 is 27.9 Å². The van der Waals surface area contributed by atoms with Crippen molar-refractivity contribution in [3.05, 3.63) is 64.1 Å². The zero-order valence-electron chi connectivity index (χ0n) is 18.0. The molecular formula is C23H30BrF3N2OS. The first-order valence-electron chi connectivity index (χ1n) is 10.2. The minimum atomic E-state index is -4.40. The average molecular weight is 519 g/mol. The van der Waals surface area contributed by atoms with Crippen LogP contribution in [0.5, 0.6) is 0 Å². The van der Waals surface area contributed by atoms with Crippen molar-refractivity contribution in [2.45, 2.75) is 55.8 Å². The third-order valence-corrected chi connectivity index (χ3v) is 6.22. The molecule has 0 aliphatic rings. The fourth-order valence-corrected chi connectivity index (χ4v) is 4.83. The number of nitrogens with zero attached hydrogens (tertiary/aromatic N) is 1. The molecule has 2 aromatic carbocycles. The maximum Gasteiger partial charge on any atom is 0.416 e. The monoisotopic (exact) mass is 518 g/mol. The van der Waals surface area contributed by atoms with Crippen LogP contribution < -0.4 is 5.32 Å². The number of rotatable bonds is 11. The molecule has 2 N–H and O–H groups in total. The Morgan fingerprint density at radius 1 is 1.13 bits per heavy atom. The van der Waals surface area contributed by atoms with Crippen molar-refractivity contribution < 1.29 is 18.3 Å². The molecule has 0 heterocycles. The van der Waals surface area contributed by atoms with Gasteiger partial charge in [0.05, 0.1) is 11.7 Å². The van der Waals surface area contributed by atoms with Crippen molar-refractivity contribution in [3.8, 4) is 0 Å². The van der Waals surface area contributed by atoms with Crippen LogP contribution in [-0.4, -0.2) is 41.2 Å². The second-order valence-electron chi connectivity index (χ2n) is 8.33. The molecule has 0 aromatic heterocycles. The SMILES string of the molecule is CN(C[C@H](O)CNC(C)(C)CCCc1ccccc1)Sc1cc(Br)cc(C(F)(F)F)c1. The minimum absolute atomic E-state index is 0.118.